The first kappa shape index (κ1) is 21.2. The van der Waals surface area contributed by atoms with E-state index in [1.54, 1.807) is 12.3 Å². The third-order valence-corrected chi connectivity index (χ3v) is 6.44. The number of hydrogen-bond donors (Lipinski definition) is 2. The summed E-state index contributed by atoms with van der Waals surface area (Å²) in [5, 5.41) is 10.6. The molecular formula is C26H24FN3O3. The molecule has 0 aliphatic carbocycles. The number of nitrogens with zero attached hydrogens (tertiary/aromatic N) is 2. The highest BCUT2D eigenvalue weighted by Gasteiger charge is 2.23. The Morgan fingerprint density at radius 1 is 1.15 bits per heavy atom. The molecule has 3 heterocycles. The third-order valence-electron chi connectivity index (χ3n) is 6.44. The lowest BCUT2D eigenvalue weighted by Gasteiger charge is -2.31. The number of hydrogen-bond acceptors (Lipinski definition) is 4. The van der Waals surface area contributed by atoms with Crippen molar-refractivity contribution >= 4 is 28.7 Å². The summed E-state index contributed by atoms with van der Waals surface area (Å²) in [6.07, 6.45) is 5.05. The predicted octanol–water partition coefficient (Wildman–Crippen LogP) is 4.32. The molecule has 0 saturated carbocycles. The second-order valence-electron chi connectivity index (χ2n) is 8.52. The zero-order valence-corrected chi connectivity index (χ0v) is 18.2. The second kappa shape index (κ2) is 8.33. The molecule has 1 saturated heterocycles. The zero-order valence-electron chi connectivity index (χ0n) is 18.2. The molecule has 1 aliphatic heterocycles. The standard InChI is InChI=1S/C26H24FN3O3/c1-29-14-22(20-12-17(27)5-6-23(20)29)21-13-28-26(24(33)15-31)25(21)16-3-2-4-18(11-16)30-9-7-19(32)8-10-30/h2-6,11-15,19,28,32H,7-10H2,1H3. The molecule has 0 spiro atoms. The predicted molar refractivity (Wildman–Crippen MR) is 126 cm³/mol. The number of piperidine rings is 1. The summed E-state index contributed by atoms with van der Waals surface area (Å²) in [6.45, 7) is 1.49. The average Bonchev–Trinajstić information content (AvgIpc) is 3.40. The van der Waals surface area contributed by atoms with Crippen LogP contribution in [0, 0.1) is 5.82 Å². The summed E-state index contributed by atoms with van der Waals surface area (Å²) in [4.78, 5) is 29.1. The van der Waals surface area contributed by atoms with E-state index in [1.807, 2.05) is 42.1 Å². The summed E-state index contributed by atoms with van der Waals surface area (Å²) in [5.41, 5.74) is 4.95. The van der Waals surface area contributed by atoms with Crippen LogP contribution in [0.15, 0.2) is 54.9 Å². The molecule has 33 heavy (non-hydrogen) atoms. The highest BCUT2D eigenvalue weighted by Crippen LogP contribution is 2.40. The van der Waals surface area contributed by atoms with Gasteiger partial charge in [0.25, 0.3) is 0 Å². The molecule has 4 aromatic rings. The van der Waals surface area contributed by atoms with Gasteiger partial charge in [-0.2, -0.15) is 0 Å². The number of fused-ring (bicyclic) bond motifs is 1. The number of carbonyl (C=O) groups excluding carboxylic acids is 2. The van der Waals surface area contributed by atoms with Crippen LogP contribution < -0.4 is 4.90 Å². The lowest BCUT2D eigenvalue weighted by molar-refractivity contribution is -0.104. The van der Waals surface area contributed by atoms with Gasteiger partial charge in [-0.15, -0.1) is 0 Å². The Balaban J connectivity index is 1.68. The molecule has 5 rings (SSSR count). The van der Waals surface area contributed by atoms with E-state index in [0.29, 0.717) is 24.7 Å². The Morgan fingerprint density at radius 3 is 2.70 bits per heavy atom. The van der Waals surface area contributed by atoms with Gasteiger partial charge in [-0.05, 0) is 48.7 Å². The van der Waals surface area contributed by atoms with Crippen molar-refractivity contribution in [1.82, 2.24) is 9.55 Å². The van der Waals surface area contributed by atoms with Crippen molar-refractivity contribution in [3.05, 3.63) is 66.4 Å². The molecule has 0 bridgehead atoms. The van der Waals surface area contributed by atoms with E-state index in [4.69, 9.17) is 0 Å². The molecule has 0 unspecified atom stereocenters. The van der Waals surface area contributed by atoms with E-state index in [0.717, 1.165) is 46.4 Å². The Morgan fingerprint density at radius 2 is 1.94 bits per heavy atom. The lowest BCUT2D eigenvalue weighted by atomic mass is 9.94. The van der Waals surface area contributed by atoms with Crippen LogP contribution in [0.4, 0.5) is 10.1 Å². The van der Waals surface area contributed by atoms with Gasteiger partial charge in [0.1, 0.15) is 5.82 Å². The van der Waals surface area contributed by atoms with E-state index in [9.17, 15) is 19.1 Å². The van der Waals surface area contributed by atoms with Crippen LogP contribution in [0.3, 0.4) is 0 Å². The van der Waals surface area contributed by atoms with Gasteiger partial charge < -0.3 is 19.6 Å². The third kappa shape index (κ3) is 3.74. The number of rotatable bonds is 5. The molecule has 0 atom stereocenters. The van der Waals surface area contributed by atoms with Gasteiger partial charge in [0.2, 0.25) is 5.78 Å². The fourth-order valence-corrected chi connectivity index (χ4v) is 4.75. The minimum absolute atomic E-state index is 0.208. The van der Waals surface area contributed by atoms with Crippen LogP contribution >= 0.6 is 0 Å². The minimum atomic E-state index is -0.644. The maximum atomic E-state index is 14.1. The normalized spacial score (nSPS) is 14.7. The Kier molecular flexibility index (Phi) is 5.34. The smallest absolute Gasteiger partial charge is 0.242 e. The minimum Gasteiger partial charge on any atom is -0.393 e. The van der Waals surface area contributed by atoms with Crippen molar-refractivity contribution in [3.63, 3.8) is 0 Å². The number of aliphatic hydroxyl groups is 1. The van der Waals surface area contributed by atoms with Crippen molar-refractivity contribution in [1.29, 1.82) is 0 Å². The number of benzene rings is 2. The van der Waals surface area contributed by atoms with Gasteiger partial charge in [-0.25, -0.2) is 4.39 Å². The number of halogens is 1. The summed E-state index contributed by atoms with van der Waals surface area (Å²) < 4.78 is 16.0. The molecule has 2 aromatic carbocycles. The first-order valence-electron chi connectivity index (χ1n) is 11.0. The van der Waals surface area contributed by atoms with Crippen LogP contribution in [-0.4, -0.2) is 45.9 Å². The van der Waals surface area contributed by atoms with Crippen molar-refractivity contribution in [2.75, 3.05) is 18.0 Å². The van der Waals surface area contributed by atoms with Crippen LogP contribution in [0.5, 0.6) is 0 Å². The summed E-state index contributed by atoms with van der Waals surface area (Å²) in [7, 11) is 1.89. The molecule has 7 heteroatoms. The monoisotopic (exact) mass is 445 g/mol. The number of aldehydes is 1. The van der Waals surface area contributed by atoms with Crippen LogP contribution in [0.1, 0.15) is 23.3 Å². The Hall–Kier alpha value is -3.71. The number of Topliss-reactive ketones (excluding diaryl/α,β-unsaturated/α-hetero) is 1. The van der Waals surface area contributed by atoms with Crippen molar-refractivity contribution < 1.29 is 19.1 Å². The fourth-order valence-electron chi connectivity index (χ4n) is 4.75. The van der Waals surface area contributed by atoms with E-state index in [1.165, 1.54) is 12.1 Å². The first-order chi connectivity index (χ1) is 16.0. The van der Waals surface area contributed by atoms with E-state index in [-0.39, 0.29) is 17.6 Å². The molecule has 1 fully saturated rings. The van der Waals surface area contributed by atoms with Crippen molar-refractivity contribution in [2.45, 2.75) is 18.9 Å². The van der Waals surface area contributed by atoms with Gasteiger partial charge in [0.15, 0.2) is 6.29 Å². The number of ketones is 1. The number of aromatic nitrogens is 2. The van der Waals surface area contributed by atoms with E-state index >= 15 is 0 Å². The molecule has 0 radical (unpaired) electrons. The van der Waals surface area contributed by atoms with Gasteiger partial charge in [-0.1, -0.05) is 12.1 Å². The summed E-state index contributed by atoms with van der Waals surface area (Å²) in [5.74, 6) is -0.986. The van der Waals surface area contributed by atoms with Gasteiger partial charge in [0.05, 0.1) is 11.8 Å². The fraction of sp³-hybridized carbons (Fsp3) is 0.231. The average molecular weight is 445 g/mol. The summed E-state index contributed by atoms with van der Waals surface area (Å²) in [6, 6.07) is 12.5. The Bertz CT molecular complexity index is 1360. The molecule has 1 aliphatic rings. The number of anilines is 1. The molecule has 168 valence electrons. The molecule has 6 nitrogen and oxygen atoms in total. The maximum Gasteiger partial charge on any atom is 0.242 e. The highest BCUT2D eigenvalue weighted by atomic mass is 19.1. The summed E-state index contributed by atoms with van der Waals surface area (Å²) >= 11 is 0. The van der Waals surface area contributed by atoms with Crippen molar-refractivity contribution in [3.8, 4) is 22.3 Å². The number of aryl methyl sites for hydroxylation is 1. The lowest BCUT2D eigenvalue weighted by Crippen LogP contribution is -2.35. The molecule has 2 aromatic heterocycles. The maximum absolute atomic E-state index is 14.1. The van der Waals surface area contributed by atoms with E-state index < -0.39 is 5.78 Å². The van der Waals surface area contributed by atoms with Crippen LogP contribution in [-0.2, 0) is 11.8 Å². The van der Waals surface area contributed by atoms with Gasteiger partial charge >= 0.3 is 0 Å². The van der Waals surface area contributed by atoms with Gasteiger partial charge in [-0.3, -0.25) is 9.59 Å². The number of aromatic amines is 1. The molecule has 0 amide bonds. The zero-order chi connectivity index (χ0) is 23.1. The topological polar surface area (TPSA) is 78.3 Å². The van der Waals surface area contributed by atoms with Crippen LogP contribution in [0.2, 0.25) is 0 Å². The molecular weight excluding hydrogens is 421 g/mol. The number of H-pyrrole nitrogens is 1. The SMILES string of the molecule is Cn1cc(-c2c[nH]c(C(=O)C=O)c2-c2cccc(N3CCC(O)CC3)c2)c2cc(F)ccc21. The number of carbonyl (C=O) groups is 2. The highest BCUT2D eigenvalue weighted by molar-refractivity contribution is 6.35. The Labute approximate surface area is 190 Å². The van der Waals surface area contributed by atoms with E-state index in [2.05, 4.69) is 9.88 Å². The van der Waals surface area contributed by atoms with Gasteiger partial charge in [0, 0.05) is 65.8 Å². The quantitative estimate of drug-likeness (QED) is 0.272. The first-order valence-corrected chi connectivity index (χ1v) is 11.0. The second-order valence-corrected chi connectivity index (χ2v) is 8.52. The number of aliphatic hydroxyl groups excluding tert-OH is 1. The van der Waals surface area contributed by atoms with Crippen LogP contribution in [0.25, 0.3) is 33.2 Å². The van der Waals surface area contributed by atoms with Crippen molar-refractivity contribution in [2.24, 2.45) is 7.05 Å². The largest absolute Gasteiger partial charge is 0.393 e. The number of nitrogens with one attached hydrogen (secondary N) is 1. The molecule has 2 N–H and O–H groups in total.